The van der Waals surface area contributed by atoms with Crippen LogP contribution in [0.4, 0.5) is 0 Å². The third-order valence-corrected chi connectivity index (χ3v) is 1.32. The maximum Gasteiger partial charge on any atom is 0.151 e. The molecule has 1 heteroatoms. The van der Waals surface area contributed by atoms with Gasteiger partial charge in [0.1, 0.15) is 0 Å². The molecule has 0 aliphatic heterocycles. The van der Waals surface area contributed by atoms with Crippen molar-refractivity contribution in [3.8, 4) is 11.8 Å². The van der Waals surface area contributed by atoms with Crippen LogP contribution in [0, 0.1) is 18.4 Å². The highest BCUT2D eigenvalue weighted by molar-refractivity contribution is 5.04. The Bertz CT molecular complexity index is 108. The van der Waals surface area contributed by atoms with Crippen molar-refractivity contribution in [3.63, 3.8) is 0 Å². The van der Waals surface area contributed by atoms with Crippen LogP contribution < -0.4 is 0 Å². The summed E-state index contributed by atoms with van der Waals surface area (Å²) in [6.07, 6.45) is 5.90. The van der Waals surface area contributed by atoms with E-state index in [0.717, 1.165) is 19.4 Å². The fraction of sp³-hybridized carbons (Fsp3) is 0.667. The van der Waals surface area contributed by atoms with Gasteiger partial charge in [-0.05, 0) is 6.42 Å². The zero-order valence-electron chi connectivity index (χ0n) is 6.56. The van der Waals surface area contributed by atoms with Crippen LogP contribution in [0.1, 0.15) is 39.0 Å². The molecule has 0 aliphatic carbocycles. The van der Waals surface area contributed by atoms with Crippen molar-refractivity contribution in [2.45, 2.75) is 39.0 Å². The van der Waals surface area contributed by atoms with Gasteiger partial charge in [0, 0.05) is 6.42 Å². The van der Waals surface area contributed by atoms with Gasteiger partial charge in [-0.25, -0.2) is 0 Å². The Hall–Kier alpha value is -0.480. The van der Waals surface area contributed by atoms with Crippen molar-refractivity contribution in [1.29, 1.82) is 0 Å². The largest absolute Gasteiger partial charge is 0.377 e. The third-order valence-electron chi connectivity index (χ3n) is 1.32. The number of hydrogen-bond acceptors (Lipinski definition) is 1. The van der Waals surface area contributed by atoms with Gasteiger partial charge in [0.05, 0.1) is 0 Å². The highest BCUT2D eigenvalue weighted by Crippen LogP contribution is 2.00. The summed E-state index contributed by atoms with van der Waals surface area (Å²) in [4.78, 5) is 0. The fourth-order valence-electron chi connectivity index (χ4n) is 0.758. The molecular weight excluding hydrogens is 124 g/mol. The minimum atomic E-state index is 0.903. The van der Waals surface area contributed by atoms with Crippen molar-refractivity contribution in [1.82, 2.24) is 0 Å². The Kier molecular flexibility index (Phi) is 8.11. The smallest absolute Gasteiger partial charge is 0.151 e. The summed E-state index contributed by atoms with van der Waals surface area (Å²) < 4.78 is 0. The van der Waals surface area contributed by atoms with Crippen molar-refractivity contribution in [2.24, 2.45) is 0 Å². The maximum atomic E-state index is 8.17. The molecule has 1 N–H and O–H groups in total. The van der Waals surface area contributed by atoms with E-state index in [1.807, 2.05) is 0 Å². The number of hydrogen-bond donors (Lipinski definition) is 1. The van der Waals surface area contributed by atoms with Crippen molar-refractivity contribution < 1.29 is 5.11 Å². The number of unbranched alkanes of at least 4 members (excludes halogenated alkanes) is 4. The van der Waals surface area contributed by atoms with Crippen LogP contribution in [0.25, 0.3) is 0 Å². The van der Waals surface area contributed by atoms with E-state index in [0.29, 0.717) is 0 Å². The molecule has 0 amide bonds. The Morgan fingerprint density at radius 3 is 2.70 bits per heavy atom. The molecule has 1 radical (unpaired) electrons. The third kappa shape index (κ3) is 7.52. The first-order valence-corrected chi connectivity index (χ1v) is 3.86. The summed E-state index contributed by atoms with van der Waals surface area (Å²) in [5.74, 6) is 5.34. The molecule has 10 heavy (non-hydrogen) atoms. The lowest BCUT2D eigenvalue weighted by atomic mass is 10.2. The Morgan fingerprint density at radius 2 is 2.10 bits per heavy atom. The normalized spacial score (nSPS) is 8.60. The van der Waals surface area contributed by atoms with Gasteiger partial charge in [-0.1, -0.05) is 32.1 Å². The van der Waals surface area contributed by atoms with Gasteiger partial charge >= 0.3 is 0 Å². The molecule has 0 aromatic rings. The van der Waals surface area contributed by atoms with Crippen LogP contribution in [0.15, 0.2) is 0 Å². The topological polar surface area (TPSA) is 20.2 Å². The minimum absolute atomic E-state index is 0.903. The Balaban J connectivity index is 2.90. The quantitative estimate of drug-likeness (QED) is 0.468. The maximum absolute atomic E-state index is 8.17. The van der Waals surface area contributed by atoms with E-state index < -0.39 is 0 Å². The minimum Gasteiger partial charge on any atom is -0.377 e. The fourth-order valence-corrected chi connectivity index (χ4v) is 0.758. The first kappa shape index (κ1) is 9.52. The average Bonchev–Trinajstić information content (AvgIpc) is 1.97. The monoisotopic (exact) mass is 139 g/mol. The second kappa shape index (κ2) is 8.52. The van der Waals surface area contributed by atoms with Gasteiger partial charge in [-0.15, -0.1) is 5.92 Å². The van der Waals surface area contributed by atoms with E-state index in [-0.39, 0.29) is 0 Å². The summed E-state index contributed by atoms with van der Waals surface area (Å²) in [5, 5.41) is 8.17. The van der Waals surface area contributed by atoms with Crippen LogP contribution in [0.3, 0.4) is 0 Å². The van der Waals surface area contributed by atoms with E-state index in [9.17, 15) is 0 Å². The van der Waals surface area contributed by atoms with E-state index in [1.165, 1.54) is 19.3 Å². The van der Waals surface area contributed by atoms with Gasteiger partial charge in [0.25, 0.3) is 0 Å². The SMILES string of the molecule is CCCCCCC#C[CH]O. The van der Waals surface area contributed by atoms with Crippen molar-refractivity contribution >= 4 is 0 Å². The average molecular weight is 139 g/mol. The van der Waals surface area contributed by atoms with Gasteiger partial charge in [0.15, 0.2) is 6.61 Å². The molecule has 0 rings (SSSR count). The van der Waals surface area contributed by atoms with Gasteiger partial charge in [-0.2, -0.15) is 0 Å². The summed E-state index contributed by atoms with van der Waals surface area (Å²) in [6.45, 7) is 3.09. The molecule has 1 nitrogen and oxygen atoms in total. The second-order valence-electron chi connectivity index (χ2n) is 2.26. The number of rotatable bonds is 4. The lowest BCUT2D eigenvalue weighted by Gasteiger charge is -1.91. The van der Waals surface area contributed by atoms with E-state index in [1.54, 1.807) is 0 Å². The van der Waals surface area contributed by atoms with Gasteiger partial charge in [0.2, 0.25) is 0 Å². The number of aliphatic hydroxyl groups excluding tert-OH is 1. The van der Waals surface area contributed by atoms with Crippen LogP contribution in [-0.4, -0.2) is 5.11 Å². The Labute approximate surface area is 63.5 Å². The molecule has 0 aromatic heterocycles. The summed E-state index contributed by atoms with van der Waals surface area (Å²) in [5.41, 5.74) is 0. The number of aliphatic hydroxyl groups is 1. The molecule has 0 atom stereocenters. The first-order chi connectivity index (χ1) is 4.91. The molecule has 0 aliphatic rings. The van der Waals surface area contributed by atoms with Crippen LogP contribution in [0.5, 0.6) is 0 Å². The first-order valence-electron chi connectivity index (χ1n) is 3.86. The zero-order valence-corrected chi connectivity index (χ0v) is 6.56. The Morgan fingerprint density at radius 1 is 1.30 bits per heavy atom. The zero-order chi connectivity index (χ0) is 7.66. The van der Waals surface area contributed by atoms with Crippen molar-refractivity contribution in [3.05, 3.63) is 6.61 Å². The van der Waals surface area contributed by atoms with Crippen LogP contribution >= 0.6 is 0 Å². The molecular formula is C9H15O. The van der Waals surface area contributed by atoms with E-state index in [4.69, 9.17) is 5.11 Å². The van der Waals surface area contributed by atoms with Crippen LogP contribution in [0.2, 0.25) is 0 Å². The van der Waals surface area contributed by atoms with Gasteiger partial charge < -0.3 is 5.11 Å². The molecule has 0 bridgehead atoms. The molecule has 0 unspecified atom stereocenters. The highest BCUT2D eigenvalue weighted by atomic mass is 16.2. The molecule has 0 spiro atoms. The van der Waals surface area contributed by atoms with Crippen molar-refractivity contribution in [2.75, 3.05) is 0 Å². The highest BCUT2D eigenvalue weighted by Gasteiger charge is 1.82. The van der Waals surface area contributed by atoms with E-state index >= 15 is 0 Å². The summed E-state index contributed by atoms with van der Waals surface area (Å²) in [7, 11) is 0. The molecule has 0 fully saturated rings. The standard InChI is InChI=1S/C9H15O/c1-2-3-4-5-6-7-8-9-10/h9-10H,2-6H2,1H3. The predicted molar refractivity (Wildman–Crippen MR) is 42.8 cm³/mol. The molecule has 0 aromatic carbocycles. The molecule has 0 heterocycles. The van der Waals surface area contributed by atoms with E-state index in [2.05, 4.69) is 18.8 Å². The summed E-state index contributed by atoms with van der Waals surface area (Å²) in [6, 6.07) is 0. The van der Waals surface area contributed by atoms with Gasteiger partial charge in [-0.3, -0.25) is 0 Å². The predicted octanol–water partition coefficient (Wildman–Crippen LogP) is 2.49. The summed E-state index contributed by atoms with van der Waals surface area (Å²) >= 11 is 0. The lowest BCUT2D eigenvalue weighted by Crippen LogP contribution is -1.73. The van der Waals surface area contributed by atoms with Crippen LogP contribution in [-0.2, 0) is 0 Å². The molecule has 57 valence electrons. The molecule has 0 saturated heterocycles. The second-order valence-corrected chi connectivity index (χ2v) is 2.26. The molecule has 0 saturated carbocycles. The lowest BCUT2D eigenvalue weighted by molar-refractivity contribution is 0.427.